The van der Waals surface area contributed by atoms with Crippen LogP contribution in [0.2, 0.25) is 0 Å². The maximum Gasteiger partial charge on any atom is 0.179 e. The van der Waals surface area contributed by atoms with Gasteiger partial charge in [-0.2, -0.15) is 0 Å². The third-order valence-corrected chi connectivity index (χ3v) is 3.36. The lowest BCUT2D eigenvalue weighted by Gasteiger charge is -2.46. The van der Waals surface area contributed by atoms with E-state index >= 15 is 0 Å². The second-order valence-corrected chi connectivity index (χ2v) is 4.55. The van der Waals surface area contributed by atoms with Gasteiger partial charge in [-0.15, -0.1) is 0 Å². The van der Waals surface area contributed by atoms with E-state index in [0.717, 1.165) is 6.92 Å². The summed E-state index contributed by atoms with van der Waals surface area (Å²) in [5.74, 6) is -0.789. The van der Waals surface area contributed by atoms with Crippen LogP contribution in [0.5, 0.6) is 0 Å². The lowest BCUT2D eigenvalue weighted by Crippen LogP contribution is -2.69. The van der Waals surface area contributed by atoms with Gasteiger partial charge in [-0.05, 0) is 13.3 Å². The van der Waals surface area contributed by atoms with Crippen molar-refractivity contribution in [2.45, 2.75) is 43.4 Å². The molecule has 0 bridgehead atoms. The van der Waals surface area contributed by atoms with Crippen molar-refractivity contribution in [1.29, 1.82) is 0 Å². The fourth-order valence-corrected chi connectivity index (χ4v) is 2.17. The first-order valence-corrected chi connectivity index (χ1v) is 6.01. The summed E-state index contributed by atoms with van der Waals surface area (Å²) in [5.41, 5.74) is -2.33. The molecule has 0 aromatic carbocycles. The van der Waals surface area contributed by atoms with Gasteiger partial charge in [0.25, 0.3) is 0 Å². The van der Waals surface area contributed by atoms with Crippen LogP contribution >= 0.6 is 0 Å². The molecule has 1 heterocycles. The summed E-state index contributed by atoms with van der Waals surface area (Å²) in [6, 6.07) is 0. The molecule has 0 aliphatic carbocycles. The highest BCUT2D eigenvalue weighted by atomic mass is 16.5. The molecule has 1 unspecified atom stereocenters. The summed E-state index contributed by atoms with van der Waals surface area (Å²) in [7, 11) is 0. The normalized spacial score (nSPS) is 39.7. The zero-order valence-corrected chi connectivity index (χ0v) is 10.6. The number of aliphatic hydroxyl groups is 5. The summed E-state index contributed by atoms with van der Waals surface area (Å²) in [6.07, 6.45) is -2.27. The van der Waals surface area contributed by atoms with Crippen LogP contribution < -0.4 is 0 Å². The number of aliphatic hydroxyl groups excluding tert-OH is 4. The number of carbonyl (C=O) groups is 1. The van der Waals surface area contributed by atoms with Gasteiger partial charge in [0, 0.05) is 0 Å². The molecule has 19 heavy (non-hydrogen) atoms. The Balaban J connectivity index is 2.91. The predicted octanol–water partition coefficient (Wildman–Crippen LogP) is -2.27. The van der Waals surface area contributed by atoms with Crippen LogP contribution in [0.3, 0.4) is 0 Å². The van der Waals surface area contributed by atoms with Gasteiger partial charge >= 0.3 is 0 Å². The first-order chi connectivity index (χ1) is 8.89. The van der Waals surface area contributed by atoms with E-state index in [-0.39, 0.29) is 13.0 Å². The standard InChI is InChI=1S/C12H20O7/c1-7(15)12(18)9(6-14)19-8(4-2-3-5-13)10(16)11(12)17/h2-3,8-11,13-14,16-18H,4-6H2,1H3/t8?,9-,10+,11-,12-/m1/s1. The summed E-state index contributed by atoms with van der Waals surface area (Å²) >= 11 is 0. The summed E-state index contributed by atoms with van der Waals surface area (Å²) in [5, 5.41) is 47.7. The van der Waals surface area contributed by atoms with Crippen LogP contribution in [0.15, 0.2) is 12.2 Å². The Bertz CT molecular complexity index is 339. The van der Waals surface area contributed by atoms with E-state index in [1.807, 2.05) is 0 Å². The largest absolute Gasteiger partial charge is 0.394 e. The average Bonchev–Trinajstić information content (AvgIpc) is 2.38. The van der Waals surface area contributed by atoms with Crippen molar-refractivity contribution >= 4 is 5.78 Å². The first-order valence-electron chi connectivity index (χ1n) is 6.01. The number of rotatable bonds is 5. The van der Waals surface area contributed by atoms with Crippen molar-refractivity contribution in [3.63, 3.8) is 0 Å². The van der Waals surface area contributed by atoms with Gasteiger partial charge in [-0.25, -0.2) is 0 Å². The number of carbonyl (C=O) groups excluding carboxylic acids is 1. The van der Waals surface area contributed by atoms with Crippen molar-refractivity contribution in [1.82, 2.24) is 0 Å². The lowest BCUT2D eigenvalue weighted by molar-refractivity contribution is -0.264. The second kappa shape index (κ2) is 6.56. The minimum atomic E-state index is -2.33. The Labute approximate surface area is 110 Å². The lowest BCUT2D eigenvalue weighted by atomic mass is 9.79. The van der Waals surface area contributed by atoms with Crippen molar-refractivity contribution in [2.24, 2.45) is 0 Å². The van der Waals surface area contributed by atoms with Crippen molar-refractivity contribution in [3.8, 4) is 0 Å². The molecule has 1 aliphatic rings. The van der Waals surface area contributed by atoms with Crippen LogP contribution in [-0.2, 0) is 9.53 Å². The van der Waals surface area contributed by atoms with E-state index in [9.17, 15) is 25.2 Å². The zero-order chi connectivity index (χ0) is 14.6. The van der Waals surface area contributed by atoms with Crippen LogP contribution in [0.25, 0.3) is 0 Å². The maximum atomic E-state index is 11.5. The maximum absolute atomic E-state index is 11.5. The Morgan fingerprint density at radius 2 is 1.95 bits per heavy atom. The van der Waals surface area contributed by atoms with Gasteiger partial charge < -0.3 is 30.3 Å². The SMILES string of the molecule is CC(=O)[C@]1(O)[C@H](O)[C@@H](O)C(CC=CCO)O[C@@H]1CO. The van der Waals surface area contributed by atoms with Gasteiger partial charge in [-0.1, -0.05) is 12.2 Å². The van der Waals surface area contributed by atoms with E-state index in [2.05, 4.69) is 0 Å². The molecule has 5 N–H and O–H groups in total. The molecule has 1 rings (SSSR count). The number of hydrogen-bond acceptors (Lipinski definition) is 7. The van der Waals surface area contributed by atoms with Gasteiger partial charge in [0.05, 0.1) is 19.3 Å². The average molecular weight is 276 g/mol. The molecule has 0 amide bonds. The highest BCUT2D eigenvalue weighted by Gasteiger charge is 2.57. The summed E-state index contributed by atoms with van der Waals surface area (Å²) < 4.78 is 5.28. The molecule has 1 saturated heterocycles. The van der Waals surface area contributed by atoms with E-state index in [1.165, 1.54) is 12.2 Å². The smallest absolute Gasteiger partial charge is 0.179 e. The minimum absolute atomic E-state index is 0.170. The summed E-state index contributed by atoms with van der Waals surface area (Å²) in [4.78, 5) is 11.5. The molecule has 0 aromatic rings. The molecule has 7 heteroatoms. The molecule has 110 valence electrons. The molecule has 7 nitrogen and oxygen atoms in total. The minimum Gasteiger partial charge on any atom is -0.394 e. The van der Waals surface area contributed by atoms with Crippen LogP contribution in [-0.4, -0.2) is 74.5 Å². The zero-order valence-electron chi connectivity index (χ0n) is 10.6. The Hall–Kier alpha value is -0.830. The van der Waals surface area contributed by atoms with Gasteiger partial charge in [0.2, 0.25) is 0 Å². The number of Topliss-reactive ketones (excluding diaryl/α,β-unsaturated/α-hetero) is 1. The Morgan fingerprint density at radius 1 is 1.32 bits per heavy atom. The van der Waals surface area contributed by atoms with Crippen molar-refractivity contribution in [3.05, 3.63) is 12.2 Å². The Morgan fingerprint density at radius 3 is 2.42 bits per heavy atom. The molecule has 5 atom stereocenters. The molecule has 1 fully saturated rings. The van der Waals surface area contributed by atoms with Gasteiger partial charge in [0.15, 0.2) is 11.4 Å². The number of hydrogen-bond donors (Lipinski definition) is 5. The third-order valence-electron chi connectivity index (χ3n) is 3.36. The fourth-order valence-electron chi connectivity index (χ4n) is 2.17. The van der Waals surface area contributed by atoms with E-state index in [0.29, 0.717) is 0 Å². The number of ether oxygens (including phenoxy) is 1. The van der Waals surface area contributed by atoms with Crippen LogP contribution in [0.4, 0.5) is 0 Å². The molecule has 0 aromatic heterocycles. The summed E-state index contributed by atoms with van der Waals surface area (Å²) in [6.45, 7) is 0.209. The predicted molar refractivity (Wildman–Crippen MR) is 64.2 cm³/mol. The molecule has 0 saturated carbocycles. The fraction of sp³-hybridized carbons (Fsp3) is 0.750. The van der Waals surface area contributed by atoms with Gasteiger partial charge in [-0.3, -0.25) is 4.79 Å². The van der Waals surface area contributed by atoms with Crippen molar-refractivity contribution in [2.75, 3.05) is 13.2 Å². The number of ketones is 1. The van der Waals surface area contributed by atoms with E-state index in [1.54, 1.807) is 0 Å². The van der Waals surface area contributed by atoms with Crippen LogP contribution in [0, 0.1) is 0 Å². The topological polar surface area (TPSA) is 127 Å². The monoisotopic (exact) mass is 276 g/mol. The second-order valence-electron chi connectivity index (χ2n) is 4.55. The molecule has 0 spiro atoms. The van der Waals surface area contributed by atoms with E-state index < -0.39 is 42.4 Å². The highest BCUT2D eigenvalue weighted by Crippen LogP contribution is 2.32. The van der Waals surface area contributed by atoms with E-state index in [4.69, 9.17) is 9.84 Å². The first kappa shape index (κ1) is 16.2. The van der Waals surface area contributed by atoms with Gasteiger partial charge in [0.1, 0.15) is 18.3 Å². The molecular formula is C12H20O7. The molecule has 1 aliphatic heterocycles. The molecule has 0 radical (unpaired) electrons. The van der Waals surface area contributed by atoms with Crippen molar-refractivity contribution < 1.29 is 35.1 Å². The molecular weight excluding hydrogens is 256 g/mol. The van der Waals surface area contributed by atoms with Crippen LogP contribution in [0.1, 0.15) is 13.3 Å². The quantitative estimate of drug-likeness (QED) is 0.358. The Kier molecular flexibility index (Phi) is 5.60. The third kappa shape index (κ3) is 3.02. The highest BCUT2D eigenvalue weighted by molar-refractivity contribution is 5.86.